The van der Waals surface area contributed by atoms with Crippen molar-refractivity contribution >= 4 is 34.0 Å². The smallest absolute Gasteiger partial charge is 0.260 e. The number of hydrogen-bond donors (Lipinski definition) is 2. The van der Waals surface area contributed by atoms with E-state index >= 15 is 0 Å². The highest BCUT2D eigenvalue weighted by molar-refractivity contribution is 6.31. The summed E-state index contributed by atoms with van der Waals surface area (Å²) in [6.45, 7) is 1.60. The summed E-state index contributed by atoms with van der Waals surface area (Å²) < 4.78 is 1.37. The standard InChI is InChI=1S/C26H22ClN3O3/c1-2-22(31)24-23(17-9-5-3-6-10-17)21-15-19(27)13-14-20(21)26(32)30(24)16-28-25(29-33)18-11-7-4-8-12-18/h3-15,33H,2,16H2,1H3,(H,28,29). The third kappa shape index (κ3) is 4.44. The molecule has 0 atom stereocenters. The molecule has 33 heavy (non-hydrogen) atoms. The maximum atomic E-state index is 13.5. The number of amidine groups is 1. The molecule has 0 saturated heterocycles. The zero-order valence-corrected chi connectivity index (χ0v) is 18.7. The number of ketones is 1. The summed E-state index contributed by atoms with van der Waals surface area (Å²) in [5.41, 5.74) is 4.07. The zero-order chi connectivity index (χ0) is 23.4. The van der Waals surface area contributed by atoms with Crippen molar-refractivity contribution in [2.24, 2.45) is 4.99 Å². The molecule has 0 aliphatic carbocycles. The summed E-state index contributed by atoms with van der Waals surface area (Å²) in [5, 5.41) is 11.1. The van der Waals surface area contributed by atoms with Crippen LogP contribution in [0.5, 0.6) is 0 Å². The highest BCUT2D eigenvalue weighted by Gasteiger charge is 2.22. The lowest BCUT2D eigenvalue weighted by molar-refractivity contribution is 0.0979. The van der Waals surface area contributed by atoms with Gasteiger partial charge in [-0.15, -0.1) is 0 Å². The molecule has 0 aliphatic rings. The van der Waals surface area contributed by atoms with E-state index in [1.165, 1.54) is 4.57 Å². The second-order valence-electron chi connectivity index (χ2n) is 7.42. The molecule has 3 aromatic carbocycles. The van der Waals surface area contributed by atoms with Crippen LogP contribution in [-0.4, -0.2) is 21.4 Å². The molecule has 6 nitrogen and oxygen atoms in total. The van der Waals surface area contributed by atoms with Gasteiger partial charge < -0.3 is 0 Å². The number of carbonyl (C=O) groups is 1. The van der Waals surface area contributed by atoms with E-state index in [4.69, 9.17) is 11.6 Å². The summed E-state index contributed by atoms with van der Waals surface area (Å²) in [4.78, 5) is 31.1. The van der Waals surface area contributed by atoms with Gasteiger partial charge in [-0.25, -0.2) is 4.99 Å². The Balaban J connectivity index is 2.03. The molecule has 0 spiro atoms. The van der Waals surface area contributed by atoms with Crippen molar-refractivity contribution in [1.82, 2.24) is 10.0 Å². The minimum atomic E-state index is -0.354. The quantitative estimate of drug-likeness (QED) is 0.177. The first-order valence-corrected chi connectivity index (χ1v) is 10.9. The highest BCUT2D eigenvalue weighted by Crippen LogP contribution is 2.33. The Morgan fingerprint density at radius 3 is 2.30 bits per heavy atom. The van der Waals surface area contributed by atoms with E-state index in [2.05, 4.69) is 10.5 Å². The van der Waals surface area contributed by atoms with Crippen molar-refractivity contribution in [3.8, 4) is 11.1 Å². The minimum absolute atomic E-state index is 0.157. The Morgan fingerprint density at radius 1 is 1.00 bits per heavy atom. The minimum Gasteiger partial charge on any atom is -0.293 e. The number of aromatic nitrogens is 1. The topological polar surface area (TPSA) is 83.7 Å². The number of fused-ring (bicyclic) bond motifs is 1. The molecular weight excluding hydrogens is 438 g/mol. The Kier molecular flexibility index (Phi) is 6.68. The van der Waals surface area contributed by atoms with Crippen LogP contribution in [0, 0.1) is 0 Å². The van der Waals surface area contributed by atoms with Crippen LogP contribution in [0.4, 0.5) is 0 Å². The van der Waals surface area contributed by atoms with Gasteiger partial charge in [0.15, 0.2) is 11.6 Å². The zero-order valence-electron chi connectivity index (χ0n) is 18.0. The lowest BCUT2D eigenvalue weighted by atomic mass is 9.94. The number of halogens is 1. The average Bonchev–Trinajstić information content (AvgIpc) is 2.85. The van der Waals surface area contributed by atoms with E-state index in [-0.39, 0.29) is 36.0 Å². The molecule has 166 valence electrons. The maximum Gasteiger partial charge on any atom is 0.260 e. The molecule has 0 bridgehead atoms. The SMILES string of the molecule is CCC(=O)c1c(-c2ccccc2)c2cc(Cl)ccc2c(=O)n1CN=C(NO)c1ccccc1. The summed E-state index contributed by atoms with van der Waals surface area (Å²) in [5.74, 6) is -0.00360. The monoisotopic (exact) mass is 459 g/mol. The number of pyridine rings is 1. The normalized spacial score (nSPS) is 11.5. The Hall–Kier alpha value is -3.74. The molecule has 0 aliphatic heterocycles. The van der Waals surface area contributed by atoms with Crippen molar-refractivity contribution < 1.29 is 10.0 Å². The van der Waals surface area contributed by atoms with E-state index in [0.29, 0.717) is 26.9 Å². The summed E-state index contributed by atoms with van der Waals surface area (Å²) in [7, 11) is 0. The Labute approximate surface area is 195 Å². The van der Waals surface area contributed by atoms with Crippen molar-refractivity contribution in [2.45, 2.75) is 20.0 Å². The van der Waals surface area contributed by atoms with Gasteiger partial charge in [-0.05, 0) is 29.1 Å². The van der Waals surface area contributed by atoms with Gasteiger partial charge in [-0.3, -0.25) is 24.8 Å². The number of rotatable bonds is 6. The molecule has 0 fully saturated rings. The van der Waals surface area contributed by atoms with Crippen LogP contribution in [0.3, 0.4) is 0 Å². The second-order valence-corrected chi connectivity index (χ2v) is 7.85. The number of nitrogens with one attached hydrogen (secondary N) is 1. The van der Waals surface area contributed by atoms with E-state index in [1.807, 2.05) is 48.5 Å². The fourth-order valence-electron chi connectivity index (χ4n) is 3.84. The van der Waals surface area contributed by atoms with Gasteiger partial charge in [0.25, 0.3) is 5.56 Å². The number of nitrogens with zero attached hydrogens (tertiary/aromatic N) is 2. The third-order valence-electron chi connectivity index (χ3n) is 5.40. The predicted octanol–water partition coefficient (Wildman–Crippen LogP) is 5.30. The fraction of sp³-hybridized carbons (Fsp3) is 0.115. The van der Waals surface area contributed by atoms with Gasteiger partial charge >= 0.3 is 0 Å². The first-order valence-electron chi connectivity index (χ1n) is 10.5. The van der Waals surface area contributed by atoms with Gasteiger partial charge in [-0.2, -0.15) is 0 Å². The van der Waals surface area contributed by atoms with E-state index in [1.54, 1.807) is 37.3 Å². The number of aliphatic imine (C=N–C) groups is 1. The van der Waals surface area contributed by atoms with Crippen LogP contribution >= 0.6 is 11.6 Å². The average molecular weight is 460 g/mol. The third-order valence-corrected chi connectivity index (χ3v) is 5.64. The van der Waals surface area contributed by atoms with E-state index in [0.717, 1.165) is 5.56 Å². The molecule has 7 heteroatoms. The Morgan fingerprint density at radius 2 is 1.67 bits per heavy atom. The second kappa shape index (κ2) is 9.81. The lowest BCUT2D eigenvalue weighted by Gasteiger charge is -2.18. The number of benzene rings is 3. The largest absolute Gasteiger partial charge is 0.293 e. The van der Waals surface area contributed by atoms with Crippen molar-refractivity contribution in [2.75, 3.05) is 0 Å². The number of hydroxylamine groups is 1. The first-order chi connectivity index (χ1) is 16.0. The van der Waals surface area contributed by atoms with Crippen LogP contribution in [0.1, 0.15) is 29.4 Å². The fourth-order valence-corrected chi connectivity index (χ4v) is 4.01. The van der Waals surface area contributed by atoms with Crippen molar-refractivity contribution in [3.05, 3.63) is 105 Å². The summed E-state index contributed by atoms with van der Waals surface area (Å²) >= 11 is 6.27. The van der Waals surface area contributed by atoms with Crippen LogP contribution < -0.4 is 11.0 Å². The maximum absolute atomic E-state index is 13.5. The molecule has 1 aromatic heterocycles. The van der Waals surface area contributed by atoms with Gasteiger partial charge in [0.1, 0.15) is 6.67 Å². The summed E-state index contributed by atoms with van der Waals surface area (Å²) in [6, 6.07) is 23.5. The number of carbonyl (C=O) groups excluding carboxylic acids is 1. The molecule has 0 radical (unpaired) electrons. The van der Waals surface area contributed by atoms with Gasteiger partial charge in [0.2, 0.25) is 0 Å². The van der Waals surface area contributed by atoms with E-state index in [9.17, 15) is 14.8 Å². The van der Waals surface area contributed by atoms with Crippen LogP contribution in [0.2, 0.25) is 5.02 Å². The molecule has 1 heterocycles. The van der Waals surface area contributed by atoms with Crippen LogP contribution in [0.15, 0.2) is 88.6 Å². The van der Waals surface area contributed by atoms with Crippen LogP contribution in [0.25, 0.3) is 21.9 Å². The number of hydrogen-bond acceptors (Lipinski definition) is 4. The molecule has 0 unspecified atom stereocenters. The van der Waals surface area contributed by atoms with E-state index < -0.39 is 0 Å². The van der Waals surface area contributed by atoms with Crippen molar-refractivity contribution in [3.63, 3.8) is 0 Å². The van der Waals surface area contributed by atoms with Crippen molar-refractivity contribution in [1.29, 1.82) is 0 Å². The molecule has 0 saturated carbocycles. The Bertz CT molecular complexity index is 1400. The van der Waals surface area contributed by atoms with Gasteiger partial charge in [0.05, 0.1) is 5.69 Å². The number of Topliss-reactive ketones (excluding diaryl/α,β-unsaturated/α-hetero) is 1. The van der Waals surface area contributed by atoms with Gasteiger partial charge in [-0.1, -0.05) is 79.2 Å². The first kappa shape index (κ1) is 22.5. The molecular formula is C26H22ClN3O3. The van der Waals surface area contributed by atoms with Crippen LogP contribution in [-0.2, 0) is 6.67 Å². The molecule has 4 rings (SSSR count). The highest BCUT2D eigenvalue weighted by atomic mass is 35.5. The predicted molar refractivity (Wildman–Crippen MR) is 131 cm³/mol. The summed E-state index contributed by atoms with van der Waals surface area (Å²) in [6.07, 6.45) is 0.207. The lowest BCUT2D eigenvalue weighted by Crippen LogP contribution is -2.29. The van der Waals surface area contributed by atoms with Gasteiger partial charge in [0, 0.05) is 28.0 Å². The molecule has 2 N–H and O–H groups in total. The molecule has 0 amide bonds. The molecule has 4 aromatic rings.